The molecule has 1 unspecified atom stereocenters. The van der Waals surface area contributed by atoms with Crippen molar-refractivity contribution in [3.63, 3.8) is 0 Å². The molecule has 0 aliphatic heterocycles. The summed E-state index contributed by atoms with van der Waals surface area (Å²) in [5.41, 5.74) is 2.58. The number of rotatable bonds is 5. The highest BCUT2D eigenvalue weighted by atomic mass is 32.2. The highest BCUT2D eigenvalue weighted by Gasteiger charge is 2.29. The van der Waals surface area contributed by atoms with Gasteiger partial charge in [-0.1, -0.05) is 28.9 Å². The Morgan fingerprint density at radius 2 is 1.96 bits per heavy atom. The number of nitrogens with zero attached hydrogens (tertiary/aromatic N) is 1. The van der Waals surface area contributed by atoms with E-state index in [9.17, 15) is 13.2 Å². The van der Waals surface area contributed by atoms with Gasteiger partial charge in [-0.2, -0.15) is 0 Å². The van der Waals surface area contributed by atoms with Crippen LogP contribution in [0.15, 0.2) is 28.8 Å². The Balaban J connectivity index is 2.14. The van der Waals surface area contributed by atoms with Crippen molar-refractivity contribution in [3.05, 3.63) is 46.7 Å². The topological polar surface area (TPSA) is 89.3 Å². The molecule has 6 nitrogen and oxygen atoms in total. The van der Waals surface area contributed by atoms with E-state index in [0.29, 0.717) is 11.3 Å². The first-order valence-corrected chi connectivity index (χ1v) is 8.92. The number of aromatic nitrogens is 1. The molecule has 2 rings (SSSR count). The molecule has 0 saturated heterocycles. The summed E-state index contributed by atoms with van der Waals surface area (Å²) in [4.78, 5) is 12.1. The molecule has 1 heterocycles. The van der Waals surface area contributed by atoms with E-state index < -0.39 is 21.0 Å². The first-order chi connectivity index (χ1) is 10.7. The minimum atomic E-state index is -3.64. The molecule has 7 heteroatoms. The van der Waals surface area contributed by atoms with Crippen LogP contribution >= 0.6 is 0 Å². The molecule has 1 amide bonds. The van der Waals surface area contributed by atoms with Crippen molar-refractivity contribution in [1.82, 2.24) is 5.16 Å². The van der Waals surface area contributed by atoms with Crippen LogP contribution in [-0.4, -0.2) is 24.7 Å². The van der Waals surface area contributed by atoms with Crippen LogP contribution in [0.5, 0.6) is 0 Å². The second-order valence-electron chi connectivity index (χ2n) is 5.69. The summed E-state index contributed by atoms with van der Waals surface area (Å²) in [5.74, 6) is -0.0523. The quantitative estimate of drug-likeness (QED) is 0.906. The van der Waals surface area contributed by atoms with Crippen LogP contribution in [0, 0.1) is 20.8 Å². The fourth-order valence-corrected chi connectivity index (χ4v) is 3.49. The lowest BCUT2D eigenvalue weighted by molar-refractivity contribution is -0.115. The molecule has 0 bridgehead atoms. The van der Waals surface area contributed by atoms with Crippen molar-refractivity contribution in [2.24, 2.45) is 0 Å². The van der Waals surface area contributed by atoms with Gasteiger partial charge in [0, 0.05) is 6.07 Å². The SMILES string of the molecule is Cc1ccc(C)c(CS(=O)(=O)C(C)C(=O)Nc2cc(C)on2)c1. The first kappa shape index (κ1) is 17.2. The average molecular weight is 336 g/mol. The summed E-state index contributed by atoms with van der Waals surface area (Å²) in [7, 11) is -3.64. The van der Waals surface area contributed by atoms with Crippen molar-refractivity contribution < 1.29 is 17.7 Å². The van der Waals surface area contributed by atoms with Crippen molar-refractivity contribution in [1.29, 1.82) is 0 Å². The van der Waals surface area contributed by atoms with Crippen molar-refractivity contribution in [3.8, 4) is 0 Å². The summed E-state index contributed by atoms with van der Waals surface area (Å²) in [6.07, 6.45) is 0. The van der Waals surface area contributed by atoms with E-state index in [1.807, 2.05) is 32.0 Å². The predicted octanol–water partition coefficient (Wildman–Crippen LogP) is 2.54. The van der Waals surface area contributed by atoms with E-state index in [0.717, 1.165) is 11.1 Å². The summed E-state index contributed by atoms with van der Waals surface area (Å²) in [5, 5.41) is 4.90. The maximum Gasteiger partial charge on any atom is 0.243 e. The monoisotopic (exact) mass is 336 g/mol. The molecule has 0 radical (unpaired) electrons. The van der Waals surface area contributed by atoms with Crippen LogP contribution < -0.4 is 5.32 Å². The van der Waals surface area contributed by atoms with Crippen LogP contribution in [0.4, 0.5) is 5.82 Å². The lowest BCUT2D eigenvalue weighted by Crippen LogP contribution is -2.33. The van der Waals surface area contributed by atoms with Crippen molar-refractivity contribution in [2.45, 2.75) is 38.7 Å². The highest BCUT2D eigenvalue weighted by Crippen LogP contribution is 2.18. The Hall–Kier alpha value is -2.15. The Morgan fingerprint density at radius 3 is 2.57 bits per heavy atom. The number of carbonyl (C=O) groups excluding carboxylic acids is 1. The van der Waals surface area contributed by atoms with Gasteiger partial charge in [-0.05, 0) is 38.8 Å². The number of hydrogen-bond acceptors (Lipinski definition) is 5. The molecule has 0 aliphatic carbocycles. The number of amides is 1. The normalized spacial score (nSPS) is 12.9. The third kappa shape index (κ3) is 4.19. The molecular weight excluding hydrogens is 316 g/mol. The second-order valence-corrected chi connectivity index (χ2v) is 8.01. The minimum absolute atomic E-state index is 0.174. The molecule has 1 N–H and O–H groups in total. The molecule has 1 aromatic heterocycles. The largest absolute Gasteiger partial charge is 0.360 e. The number of sulfone groups is 1. The number of carbonyl (C=O) groups is 1. The van der Waals surface area contributed by atoms with E-state index in [-0.39, 0.29) is 11.6 Å². The number of anilines is 1. The van der Waals surface area contributed by atoms with E-state index in [2.05, 4.69) is 10.5 Å². The van der Waals surface area contributed by atoms with Crippen LogP contribution in [0.2, 0.25) is 0 Å². The number of aryl methyl sites for hydroxylation is 3. The third-order valence-corrected chi connectivity index (χ3v) is 5.65. The van der Waals surface area contributed by atoms with Crippen LogP contribution in [0.1, 0.15) is 29.4 Å². The summed E-state index contributed by atoms with van der Waals surface area (Å²) < 4.78 is 29.8. The molecule has 0 aliphatic rings. The van der Waals surface area contributed by atoms with Gasteiger partial charge in [0.25, 0.3) is 0 Å². The third-order valence-electron chi connectivity index (χ3n) is 3.65. The van der Waals surface area contributed by atoms with Crippen LogP contribution in [0.25, 0.3) is 0 Å². The standard InChI is InChI=1S/C16H20N2O4S/c1-10-5-6-11(2)14(7-10)9-23(20,21)13(4)16(19)17-15-8-12(3)22-18-15/h5-8,13H,9H2,1-4H3,(H,17,18,19). The maximum absolute atomic E-state index is 12.5. The molecule has 0 saturated carbocycles. The summed E-state index contributed by atoms with van der Waals surface area (Å²) >= 11 is 0. The molecule has 2 aromatic rings. The molecule has 1 aromatic carbocycles. The molecule has 0 fully saturated rings. The lowest BCUT2D eigenvalue weighted by Gasteiger charge is -2.14. The second kappa shape index (κ2) is 6.54. The molecule has 124 valence electrons. The zero-order chi connectivity index (χ0) is 17.2. The van der Waals surface area contributed by atoms with Crippen molar-refractivity contribution >= 4 is 21.6 Å². The van der Waals surface area contributed by atoms with Crippen molar-refractivity contribution in [2.75, 3.05) is 5.32 Å². The van der Waals surface area contributed by atoms with Gasteiger partial charge in [-0.15, -0.1) is 0 Å². The van der Waals surface area contributed by atoms with Gasteiger partial charge in [0.2, 0.25) is 5.91 Å². The Labute approximate surface area is 135 Å². The van der Waals surface area contributed by atoms with Crippen LogP contribution in [-0.2, 0) is 20.4 Å². The fourth-order valence-electron chi connectivity index (χ4n) is 2.11. The zero-order valence-corrected chi connectivity index (χ0v) is 14.4. The zero-order valence-electron chi connectivity index (χ0n) is 13.6. The van der Waals surface area contributed by atoms with Gasteiger partial charge < -0.3 is 9.84 Å². The van der Waals surface area contributed by atoms with Gasteiger partial charge in [-0.3, -0.25) is 4.79 Å². The van der Waals surface area contributed by atoms with E-state index in [4.69, 9.17) is 4.52 Å². The maximum atomic E-state index is 12.5. The molecular formula is C16H20N2O4S. The average Bonchev–Trinajstić information content (AvgIpc) is 2.87. The van der Waals surface area contributed by atoms with Gasteiger partial charge >= 0.3 is 0 Å². The fraction of sp³-hybridized carbons (Fsp3) is 0.375. The van der Waals surface area contributed by atoms with Crippen LogP contribution in [0.3, 0.4) is 0 Å². The van der Waals surface area contributed by atoms with E-state index >= 15 is 0 Å². The Bertz CT molecular complexity index is 824. The van der Waals surface area contributed by atoms with Gasteiger partial charge in [0.05, 0.1) is 5.75 Å². The predicted molar refractivity (Wildman–Crippen MR) is 87.9 cm³/mol. The molecule has 1 atom stereocenters. The van der Waals surface area contributed by atoms with Gasteiger partial charge in [0.15, 0.2) is 15.7 Å². The summed E-state index contributed by atoms with van der Waals surface area (Å²) in [6.45, 7) is 6.82. The molecule has 0 spiro atoms. The molecule has 23 heavy (non-hydrogen) atoms. The van der Waals surface area contributed by atoms with E-state index in [1.165, 1.54) is 13.0 Å². The van der Waals surface area contributed by atoms with Gasteiger partial charge in [-0.25, -0.2) is 8.42 Å². The number of benzene rings is 1. The Kier molecular flexibility index (Phi) is 4.89. The minimum Gasteiger partial charge on any atom is -0.360 e. The number of hydrogen-bond donors (Lipinski definition) is 1. The smallest absolute Gasteiger partial charge is 0.243 e. The van der Waals surface area contributed by atoms with Gasteiger partial charge in [0.1, 0.15) is 11.0 Å². The lowest BCUT2D eigenvalue weighted by atomic mass is 10.1. The summed E-state index contributed by atoms with van der Waals surface area (Å²) in [6, 6.07) is 7.16. The first-order valence-electron chi connectivity index (χ1n) is 7.21. The highest BCUT2D eigenvalue weighted by molar-refractivity contribution is 7.92. The Morgan fingerprint density at radius 1 is 1.26 bits per heavy atom. The van der Waals surface area contributed by atoms with E-state index in [1.54, 1.807) is 6.92 Å². The number of nitrogens with one attached hydrogen (secondary N) is 1.